The van der Waals surface area contributed by atoms with Crippen LogP contribution in [0, 0.1) is 5.41 Å². The molecule has 3 aliphatic rings. The maximum absolute atomic E-state index is 12.8. The van der Waals surface area contributed by atoms with E-state index >= 15 is 0 Å². The first-order valence-electron chi connectivity index (χ1n) is 11.7. The van der Waals surface area contributed by atoms with Crippen molar-refractivity contribution in [2.45, 2.75) is 70.6 Å². The van der Waals surface area contributed by atoms with Crippen LogP contribution in [0.4, 0.5) is 0 Å². The van der Waals surface area contributed by atoms with Gasteiger partial charge in [0, 0.05) is 29.4 Å². The highest BCUT2D eigenvalue weighted by molar-refractivity contribution is 6.49. The minimum Gasteiger partial charge on any atom is -0.411 e. The molecule has 0 unspecified atom stereocenters. The van der Waals surface area contributed by atoms with Crippen LogP contribution in [0.3, 0.4) is 0 Å². The number of nitrogens with zero attached hydrogens (tertiary/aromatic N) is 1. The number of oxime groups is 1. The van der Waals surface area contributed by atoms with E-state index in [0.717, 1.165) is 60.8 Å². The number of unbranched alkanes of at least 4 members (excludes halogenated alkanes) is 2. The Bertz CT molecular complexity index is 1210. The van der Waals surface area contributed by atoms with Gasteiger partial charge in [-0.25, -0.2) is 0 Å². The van der Waals surface area contributed by atoms with Crippen molar-refractivity contribution in [2.24, 2.45) is 5.16 Å². The van der Waals surface area contributed by atoms with Gasteiger partial charge >= 0.3 is 0 Å². The van der Waals surface area contributed by atoms with Gasteiger partial charge in [0.25, 0.3) is 0 Å². The quantitative estimate of drug-likeness (QED) is 0.459. The van der Waals surface area contributed by atoms with Crippen molar-refractivity contribution < 1.29 is 14.8 Å². The summed E-state index contributed by atoms with van der Waals surface area (Å²) in [5.41, 5.74) is 7.90. The minimum absolute atomic E-state index is 0.153. The third kappa shape index (κ3) is 2.76. The first-order chi connectivity index (χ1) is 15.4. The van der Waals surface area contributed by atoms with E-state index in [1.54, 1.807) is 0 Å². The largest absolute Gasteiger partial charge is 0.411 e. The molecule has 2 aromatic rings. The van der Waals surface area contributed by atoms with Gasteiger partial charge in [0.2, 0.25) is 11.6 Å². The van der Waals surface area contributed by atoms with Crippen LogP contribution in [-0.4, -0.2) is 28.2 Å². The van der Waals surface area contributed by atoms with E-state index in [2.05, 4.69) is 37.2 Å². The Morgan fingerprint density at radius 2 is 1.38 bits per heavy atom. The number of fused-ring (bicyclic) bond motifs is 5. The number of benzene rings is 2. The van der Waals surface area contributed by atoms with Gasteiger partial charge in [0.05, 0.1) is 5.71 Å². The monoisotopic (exact) mass is 428 g/mol. The Balaban J connectivity index is 1.78. The Morgan fingerprint density at radius 3 is 1.91 bits per heavy atom. The zero-order valence-electron chi connectivity index (χ0n) is 18.7. The third-order valence-corrected chi connectivity index (χ3v) is 7.59. The molecule has 164 valence electrons. The molecule has 0 spiro atoms. The molecule has 0 aliphatic heterocycles. The lowest BCUT2D eigenvalue weighted by atomic mass is 9.70. The molecule has 2 N–H and O–H groups in total. The molecule has 0 atom stereocenters. The number of ketones is 2. The van der Waals surface area contributed by atoms with Crippen LogP contribution < -0.4 is 0 Å². The van der Waals surface area contributed by atoms with Crippen LogP contribution >= 0.6 is 0 Å². The molecule has 0 aromatic heterocycles. The molecule has 5 heteroatoms. The Morgan fingerprint density at radius 1 is 0.844 bits per heavy atom. The second-order valence-corrected chi connectivity index (χ2v) is 9.44. The van der Waals surface area contributed by atoms with Crippen LogP contribution in [0.25, 0.3) is 11.1 Å². The molecular weight excluding hydrogens is 400 g/mol. The lowest BCUT2D eigenvalue weighted by Crippen LogP contribution is -2.26. The van der Waals surface area contributed by atoms with Crippen LogP contribution in [0.5, 0.6) is 0 Å². The van der Waals surface area contributed by atoms with E-state index in [1.807, 2.05) is 6.07 Å². The SMILES string of the molecule is CCCCC1(CCCC)c2cc3c(cc2-c2cc4c(cc21)C(=O)/C(=N/O)C4)CC(=N)C3=O. The van der Waals surface area contributed by atoms with E-state index in [4.69, 9.17) is 5.41 Å². The fourth-order valence-corrected chi connectivity index (χ4v) is 5.94. The van der Waals surface area contributed by atoms with Gasteiger partial charge in [-0.2, -0.15) is 0 Å². The van der Waals surface area contributed by atoms with Crippen LogP contribution in [-0.2, 0) is 18.3 Å². The summed E-state index contributed by atoms with van der Waals surface area (Å²) < 4.78 is 0. The molecule has 0 radical (unpaired) electrons. The van der Waals surface area contributed by atoms with Crippen molar-refractivity contribution in [3.05, 3.63) is 57.6 Å². The molecule has 3 aliphatic carbocycles. The lowest BCUT2D eigenvalue weighted by molar-refractivity contribution is 0.105. The molecule has 32 heavy (non-hydrogen) atoms. The molecule has 0 heterocycles. The highest BCUT2D eigenvalue weighted by Crippen LogP contribution is 2.56. The zero-order valence-corrected chi connectivity index (χ0v) is 18.7. The van der Waals surface area contributed by atoms with Gasteiger partial charge in [-0.15, -0.1) is 0 Å². The van der Waals surface area contributed by atoms with Crippen molar-refractivity contribution in [1.29, 1.82) is 5.41 Å². The Labute approximate surface area is 188 Å². The van der Waals surface area contributed by atoms with Gasteiger partial charge in [-0.05, 0) is 70.5 Å². The smallest absolute Gasteiger partial charge is 0.211 e. The first-order valence-corrected chi connectivity index (χ1v) is 11.7. The van der Waals surface area contributed by atoms with E-state index in [9.17, 15) is 14.8 Å². The Kier molecular flexibility index (Phi) is 4.88. The summed E-state index contributed by atoms with van der Waals surface area (Å²) in [6.45, 7) is 4.38. The van der Waals surface area contributed by atoms with Crippen molar-refractivity contribution in [1.82, 2.24) is 0 Å². The van der Waals surface area contributed by atoms with Gasteiger partial charge in [-0.3, -0.25) is 9.59 Å². The summed E-state index contributed by atoms with van der Waals surface area (Å²) in [6.07, 6.45) is 6.90. The van der Waals surface area contributed by atoms with Crippen LogP contribution in [0.1, 0.15) is 95.3 Å². The molecule has 0 saturated heterocycles. The summed E-state index contributed by atoms with van der Waals surface area (Å²) in [7, 11) is 0. The topological polar surface area (TPSA) is 90.6 Å². The Hall–Kier alpha value is -3.08. The summed E-state index contributed by atoms with van der Waals surface area (Å²) in [5.74, 6) is -0.340. The van der Waals surface area contributed by atoms with Crippen molar-refractivity contribution in [3.63, 3.8) is 0 Å². The van der Waals surface area contributed by atoms with Crippen LogP contribution in [0.15, 0.2) is 29.4 Å². The molecule has 2 aromatic carbocycles. The van der Waals surface area contributed by atoms with Crippen molar-refractivity contribution in [2.75, 3.05) is 0 Å². The highest BCUT2D eigenvalue weighted by atomic mass is 16.4. The van der Waals surface area contributed by atoms with Gasteiger partial charge in [0.15, 0.2) is 0 Å². The lowest BCUT2D eigenvalue weighted by Gasteiger charge is -2.33. The van der Waals surface area contributed by atoms with Crippen molar-refractivity contribution >= 4 is 23.0 Å². The van der Waals surface area contributed by atoms with Crippen LogP contribution in [0.2, 0.25) is 0 Å². The maximum Gasteiger partial charge on any atom is 0.211 e. The second-order valence-electron chi connectivity index (χ2n) is 9.44. The number of rotatable bonds is 6. The molecule has 5 nitrogen and oxygen atoms in total. The fourth-order valence-electron chi connectivity index (χ4n) is 5.94. The summed E-state index contributed by atoms with van der Waals surface area (Å²) >= 11 is 0. The average Bonchev–Trinajstić information content (AvgIpc) is 3.36. The molecule has 0 fully saturated rings. The third-order valence-electron chi connectivity index (χ3n) is 7.59. The summed E-state index contributed by atoms with van der Waals surface area (Å²) in [4.78, 5) is 25.5. The molecule has 0 amide bonds. The molecule has 0 bridgehead atoms. The van der Waals surface area contributed by atoms with E-state index in [-0.39, 0.29) is 28.4 Å². The van der Waals surface area contributed by atoms with Gasteiger partial charge < -0.3 is 10.6 Å². The standard InChI is InChI=1S/C27H28N2O3/c1-3-5-7-27(8-6-4-2)21-13-17-15(11-23(28)25(17)30)9-19(21)20-10-16-12-24(29-32)26(31)18(16)14-22(20)27/h9-10,13-14,28,32H,3-8,11-12H2,1-2H3/b28-23?,29-24+. The number of carbonyl (C=O) groups is 2. The van der Waals surface area contributed by atoms with Gasteiger partial charge in [0.1, 0.15) is 5.71 Å². The predicted molar refractivity (Wildman–Crippen MR) is 125 cm³/mol. The second kappa shape index (κ2) is 7.51. The number of carbonyl (C=O) groups excluding carboxylic acids is 2. The van der Waals surface area contributed by atoms with E-state index < -0.39 is 0 Å². The zero-order chi connectivity index (χ0) is 22.6. The number of hydrogen-bond donors (Lipinski definition) is 2. The van der Waals surface area contributed by atoms with Gasteiger partial charge in [-0.1, -0.05) is 44.7 Å². The molecular formula is C27H28N2O3. The van der Waals surface area contributed by atoms with E-state index in [1.165, 1.54) is 11.1 Å². The predicted octanol–water partition coefficient (Wildman–Crippen LogP) is 5.66. The highest BCUT2D eigenvalue weighted by Gasteiger charge is 2.45. The summed E-state index contributed by atoms with van der Waals surface area (Å²) in [5, 5.41) is 20.6. The number of hydrogen-bond acceptors (Lipinski definition) is 5. The average molecular weight is 429 g/mol. The first kappa shape index (κ1) is 20.8. The minimum atomic E-state index is -0.245. The van der Waals surface area contributed by atoms with E-state index in [0.29, 0.717) is 24.0 Å². The normalized spacial score (nSPS) is 18.8. The number of Topliss-reactive ketones (excluding diaryl/α,β-unsaturated/α-hetero) is 2. The molecule has 5 rings (SSSR count). The van der Waals surface area contributed by atoms with Crippen molar-refractivity contribution in [3.8, 4) is 11.1 Å². The summed E-state index contributed by atoms with van der Waals surface area (Å²) in [6, 6.07) is 8.33. The maximum atomic E-state index is 12.8. The molecule has 0 saturated carbocycles. The number of nitrogens with one attached hydrogen (secondary N) is 1. The fraction of sp³-hybridized carbons (Fsp3) is 0.407.